The Kier molecular flexibility index (Phi) is 4.85. The number of rotatable bonds is 3. The molecule has 0 unspecified atom stereocenters. The molecule has 0 bridgehead atoms. The largest absolute Gasteiger partial charge is 0.316 e. The van der Waals surface area contributed by atoms with E-state index >= 15 is 0 Å². The Morgan fingerprint density at radius 1 is 1.23 bits per heavy atom. The summed E-state index contributed by atoms with van der Waals surface area (Å²) >= 11 is 8.87. The number of fused-ring (bicyclic) bond motifs is 1. The van der Waals surface area contributed by atoms with Gasteiger partial charge in [0, 0.05) is 20.8 Å². The molecule has 26 heavy (non-hydrogen) atoms. The van der Waals surface area contributed by atoms with Gasteiger partial charge in [-0.2, -0.15) is 4.99 Å². The number of carbonyl (C=O) groups excluding carboxylic acids is 1. The van der Waals surface area contributed by atoms with Gasteiger partial charge in [0.2, 0.25) is 0 Å². The van der Waals surface area contributed by atoms with Gasteiger partial charge in [0.25, 0.3) is 5.91 Å². The van der Waals surface area contributed by atoms with Crippen LogP contribution in [0.2, 0.25) is 5.02 Å². The van der Waals surface area contributed by atoms with E-state index in [-0.39, 0.29) is 35.1 Å². The molecule has 0 N–H and O–H groups in total. The molecule has 2 atom stereocenters. The lowest BCUT2D eigenvalue weighted by molar-refractivity contribution is -0.117. The molecule has 0 spiro atoms. The normalized spacial score (nSPS) is 25.6. The minimum Gasteiger partial charge on any atom is -0.316 e. The van der Waals surface area contributed by atoms with Gasteiger partial charge in [0.1, 0.15) is 0 Å². The number of thiophene rings is 1. The van der Waals surface area contributed by atoms with Gasteiger partial charge < -0.3 is 4.90 Å². The fourth-order valence-corrected chi connectivity index (χ4v) is 7.93. The van der Waals surface area contributed by atoms with Gasteiger partial charge in [0.15, 0.2) is 15.0 Å². The molecular formula is C17H15ClN2O3S3. The minimum atomic E-state index is -3.07. The maximum atomic E-state index is 12.4. The molecule has 2 saturated heterocycles. The van der Waals surface area contributed by atoms with E-state index in [4.69, 9.17) is 11.6 Å². The van der Waals surface area contributed by atoms with E-state index in [0.717, 1.165) is 10.6 Å². The van der Waals surface area contributed by atoms with Crippen LogP contribution in [0.4, 0.5) is 5.69 Å². The van der Waals surface area contributed by atoms with Crippen LogP contribution < -0.4 is 4.90 Å². The van der Waals surface area contributed by atoms with Crippen LogP contribution in [0.5, 0.6) is 0 Å². The summed E-state index contributed by atoms with van der Waals surface area (Å²) < 4.78 is 24.1. The Hall–Kier alpha value is -1.35. The number of hydrogen-bond donors (Lipinski definition) is 0. The highest BCUT2D eigenvalue weighted by atomic mass is 35.5. The summed E-state index contributed by atoms with van der Waals surface area (Å²) in [5.41, 5.74) is 0.800. The first-order valence-electron chi connectivity index (χ1n) is 7.97. The number of nitrogens with zero attached hydrogens (tertiary/aromatic N) is 2. The van der Waals surface area contributed by atoms with Crippen LogP contribution in [-0.4, -0.2) is 42.3 Å². The number of amidine groups is 1. The third-order valence-corrected chi connectivity index (χ3v) is 8.64. The highest BCUT2D eigenvalue weighted by molar-refractivity contribution is 8.16. The maximum Gasteiger partial charge on any atom is 0.253 e. The number of sulfone groups is 1. The second-order valence-electron chi connectivity index (χ2n) is 6.19. The van der Waals surface area contributed by atoms with Gasteiger partial charge in [-0.05, 0) is 35.7 Å². The van der Waals surface area contributed by atoms with Gasteiger partial charge in [-0.1, -0.05) is 29.4 Å². The van der Waals surface area contributed by atoms with Crippen molar-refractivity contribution < 1.29 is 13.2 Å². The lowest BCUT2D eigenvalue weighted by Crippen LogP contribution is -2.37. The summed E-state index contributed by atoms with van der Waals surface area (Å²) in [6.07, 6.45) is 0.254. The van der Waals surface area contributed by atoms with Crippen molar-refractivity contribution in [2.45, 2.75) is 17.7 Å². The molecule has 4 rings (SSSR count). The van der Waals surface area contributed by atoms with Crippen molar-refractivity contribution in [3.63, 3.8) is 0 Å². The summed E-state index contributed by atoms with van der Waals surface area (Å²) in [4.78, 5) is 19.5. The molecule has 0 aliphatic carbocycles. The van der Waals surface area contributed by atoms with Gasteiger partial charge in [0.05, 0.1) is 24.0 Å². The average molecular weight is 427 g/mol. The van der Waals surface area contributed by atoms with Crippen molar-refractivity contribution in [1.29, 1.82) is 0 Å². The summed E-state index contributed by atoms with van der Waals surface area (Å²) in [6, 6.07) is 10.8. The number of aliphatic imine (C=N–C) groups is 1. The van der Waals surface area contributed by atoms with E-state index in [2.05, 4.69) is 4.99 Å². The topological polar surface area (TPSA) is 66.8 Å². The molecule has 2 aliphatic rings. The highest BCUT2D eigenvalue weighted by Gasteiger charge is 2.49. The summed E-state index contributed by atoms with van der Waals surface area (Å²) in [5.74, 6) is -0.0348. The number of amides is 1. The molecule has 1 amide bonds. The average Bonchev–Trinajstić information content (AvgIpc) is 3.23. The molecule has 2 aliphatic heterocycles. The molecule has 0 radical (unpaired) electrons. The predicted molar refractivity (Wildman–Crippen MR) is 108 cm³/mol. The van der Waals surface area contributed by atoms with Gasteiger partial charge in [-0.15, -0.1) is 11.3 Å². The van der Waals surface area contributed by atoms with E-state index in [1.165, 1.54) is 23.1 Å². The van der Waals surface area contributed by atoms with Crippen LogP contribution in [0.1, 0.15) is 4.88 Å². The van der Waals surface area contributed by atoms with E-state index < -0.39 is 9.84 Å². The zero-order valence-corrected chi connectivity index (χ0v) is 16.7. The van der Waals surface area contributed by atoms with Crippen molar-refractivity contribution in [2.75, 3.05) is 16.4 Å². The van der Waals surface area contributed by atoms with E-state index in [9.17, 15) is 13.2 Å². The van der Waals surface area contributed by atoms with Crippen molar-refractivity contribution in [3.05, 3.63) is 51.7 Å². The van der Waals surface area contributed by atoms with Crippen LogP contribution >= 0.6 is 34.7 Å². The smallest absolute Gasteiger partial charge is 0.253 e. The molecule has 3 heterocycles. The Morgan fingerprint density at radius 3 is 2.69 bits per heavy atom. The Morgan fingerprint density at radius 2 is 2.00 bits per heavy atom. The van der Waals surface area contributed by atoms with Crippen molar-refractivity contribution in [2.24, 2.45) is 4.99 Å². The van der Waals surface area contributed by atoms with E-state index in [1.807, 2.05) is 34.5 Å². The second kappa shape index (κ2) is 6.99. The first kappa shape index (κ1) is 18.0. The molecule has 9 heteroatoms. The van der Waals surface area contributed by atoms with Crippen LogP contribution in [0.3, 0.4) is 0 Å². The Balaban J connectivity index is 1.65. The number of thioether (sulfide) groups is 1. The first-order chi connectivity index (χ1) is 12.4. The first-order valence-corrected chi connectivity index (χ1v) is 11.9. The number of halogens is 1. The standard InChI is InChI=1S/C17H15ClN2O3S3/c18-11-3-5-12(6-4-11)20-14-9-26(22,23)10-15(14)25-17(20)19-16(21)8-13-2-1-7-24-13/h1-7,14-15H,8-10H2/t14-,15-/m0/s1. The minimum absolute atomic E-state index is 0.0748. The zero-order valence-electron chi connectivity index (χ0n) is 13.5. The number of carbonyl (C=O) groups is 1. The molecule has 5 nitrogen and oxygen atoms in total. The Bertz CT molecular complexity index is 956. The lowest BCUT2D eigenvalue weighted by atomic mass is 10.2. The quantitative estimate of drug-likeness (QED) is 0.753. The van der Waals surface area contributed by atoms with Gasteiger partial charge in [-0.25, -0.2) is 8.42 Å². The molecule has 2 aromatic rings. The number of hydrogen-bond acceptors (Lipinski definition) is 5. The van der Waals surface area contributed by atoms with Gasteiger partial charge >= 0.3 is 0 Å². The second-order valence-corrected chi connectivity index (χ2v) is 11.0. The summed E-state index contributed by atoms with van der Waals surface area (Å²) in [5, 5.41) is 2.99. The fraction of sp³-hybridized carbons (Fsp3) is 0.294. The van der Waals surface area contributed by atoms with Crippen LogP contribution in [0, 0.1) is 0 Å². The molecule has 1 aromatic carbocycles. The molecular weight excluding hydrogens is 412 g/mol. The zero-order chi connectivity index (χ0) is 18.3. The van der Waals surface area contributed by atoms with Crippen LogP contribution in [0.15, 0.2) is 46.8 Å². The number of anilines is 1. The van der Waals surface area contributed by atoms with E-state index in [0.29, 0.717) is 10.2 Å². The van der Waals surface area contributed by atoms with E-state index in [1.54, 1.807) is 12.1 Å². The highest BCUT2D eigenvalue weighted by Crippen LogP contribution is 2.41. The molecule has 2 fully saturated rings. The third-order valence-electron chi connectivity index (χ3n) is 4.30. The summed E-state index contributed by atoms with van der Waals surface area (Å²) in [6.45, 7) is 0. The third kappa shape index (κ3) is 3.69. The lowest BCUT2D eigenvalue weighted by Gasteiger charge is -2.24. The molecule has 1 aromatic heterocycles. The number of benzene rings is 1. The molecule has 0 saturated carbocycles. The van der Waals surface area contributed by atoms with Crippen LogP contribution in [-0.2, 0) is 21.1 Å². The Labute approximate surface area is 165 Å². The monoisotopic (exact) mass is 426 g/mol. The van der Waals surface area contributed by atoms with Gasteiger partial charge in [-0.3, -0.25) is 4.79 Å². The van der Waals surface area contributed by atoms with Crippen molar-refractivity contribution in [3.8, 4) is 0 Å². The SMILES string of the molecule is O=C(Cc1cccs1)N=C1S[C@H]2CS(=O)(=O)C[C@@H]2N1c1ccc(Cl)cc1. The van der Waals surface area contributed by atoms with Crippen molar-refractivity contribution in [1.82, 2.24) is 0 Å². The van der Waals surface area contributed by atoms with Crippen LogP contribution in [0.25, 0.3) is 0 Å². The predicted octanol–water partition coefficient (Wildman–Crippen LogP) is 3.25. The fourth-order valence-electron chi connectivity index (χ4n) is 3.18. The molecule has 136 valence electrons. The maximum absolute atomic E-state index is 12.4. The summed E-state index contributed by atoms with van der Waals surface area (Å²) in [7, 11) is -3.07. The van der Waals surface area contributed by atoms with Crippen molar-refractivity contribution >= 4 is 61.3 Å².